The van der Waals surface area contributed by atoms with Crippen LogP contribution in [0, 0.1) is 0 Å². The van der Waals surface area contributed by atoms with Gasteiger partial charge in [0.15, 0.2) is 0 Å². The molecule has 0 spiro atoms. The Morgan fingerprint density at radius 2 is 1.92 bits per heavy atom. The van der Waals surface area contributed by atoms with Crippen LogP contribution in [0.2, 0.25) is 0 Å². The first-order chi connectivity index (χ1) is 12.6. The number of piperazine rings is 1. The SMILES string of the molecule is NC(=O)NC(CC(=O)N1CCN(Cc2ccncc2)CC1)c1cccs1. The van der Waals surface area contributed by atoms with Crippen molar-refractivity contribution in [3.8, 4) is 0 Å². The van der Waals surface area contributed by atoms with Gasteiger partial charge in [0.1, 0.15) is 0 Å². The second kappa shape index (κ2) is 8.77. The van der Waals surface area contributed by atoms with Crippen molar-refractivity contribution in [3.05, 3.63) is 52.5 Å². The lowest BCUT2D eigenvalue weighted by Gasteiger charge is -2.35. The molecule has 0 aliphatic carbocycles. The van der Waals surface area contributed by atoms with Gasteiger partial charge in [-0.3, -0.25) is 14.7 Å². The smallest absolute Gasteiger partial charge is 0.312 e. The third kappa shape index (κ3) is 5.03. The van der Waals surface area contributed by atoms with Crippen molar-refractivity contribution >= 4 is 23.3 Å². The number of rotatable bonds is 6. The minimum absolute atomic E-state index is 0.0423. The zero-order valence-corrected chi connectivity index (χ0v) is 15.3. The fraction of sp³-hybridized carbons (Fsp3) is 0.389. The number of pyridine rings is 1. The van der Waals surface area contributed by atoms with Gasteiger partial charge in [0.2, 0.25) is 5.91 Å². The van der Waals surface area contributed by atoms with Gasteiger partial charge in [-0.1, -0.05) is 6.07 Å². The molecule has 0 saturated carbocycles. The maximum atomic E-state index is 12.7. The summed E-state index contributed by atoms with van der Waals surface area (Å²) in [5.41, 5.74) is 6.49. The van der Waals surface area contributed by atoms with Crippen LogP contribution in [0.1, 0.15) is 22.9 Å². The molecule has 26 heavy (non-hydrogen) atoms. The first kappa shape index (κ1) is 18.3. The number of thiophene rings is 1. The fourth-order valence-corrected chi connectivity index (χ4v) is 3.87. The maximum Gasteiger partial charge on any atom is 0.312 e. The van der Waals surface area contributed by atoms with Crippen molar-refractivity contribution < 1.29 is 9.59 Å². The number of nitrogens with zero attached hydrogens (tertiary/aromatic N) is 3. The van der Waals surface area contributed by atoms with Crippen molar-refractivity contribution in [3.63, 3.8) is 0 Å². The number of nitrogens with two attached hydrogens (primary N) is 1. The Morgan fingerprint density at radius 1 is 1.19 bits per heavy atom. The highest BCUT2D eigenvalue weighted by Crippen LogP contribution is 2.23. The average Bonchev–Trinajstić information content (AvgIpc) is 3.17. The molecule has 3 heterocycles. The number of nitrogens with one attached hydrogen (secondary N) is 1. The standard InChI is InChI=1S/C18H23N5O2S/c19-18(25)21-15(16-2-1-11-26-16)12-17(24)23-9-7-22(8-10-23)13-14-3-5-20-6-4-14/h1-6,11,15H,7-10,12-13H2,(H3,19,21,25). The molecule has 1 aliphatic heterocycles. The predicted molar refractivity (Wildman–Crippen MR) is 100 cm³/mol. The largest absolute Gasteiger partial charge is 0.352 e. The molecule has 2 aromatic heterocycles. The van der Waals surface area contributed by atoms with E-state index in [4.69, 9.17) is 5.73 Å². The van der Waals surface area contributed by atoms with Gasteiger partial charge >= 0.3 is 6.03 Å². The van der Waals surface area contributed by atoms with Gasteiger partial charge in [-0.15, -0.1) is 11.3 Å². The molecule has 1 aliphatic rings. The van der Waals surface area contributed by atoms with Gasteiger partial charge in [-0.2, -0.15) is 0 Å². The summed E-state index contributed by atoms with van der Waals surface area (Å²) in [5.74, 6) is 0.0423. The molecular formula is C18H23N5O2S. The molecule has 3 amide bonds. The van der Waals surface area contributed by atoms with Crippen molar-refractivity contribution in [1.82, 2.24) is 20.1 Å². The Kier molecular flexibility index (Phi) is 6.19. The molecule has 3 N–H and O–H groups in total. The zero-order chi connectivity index (χ0) is 18.4. The van der Waals surface area contributed by atoms with Gasteiger partial charge in [-0.05, 0) is 29.1 Å². The molecule has 0 radical (unpaired) electrons. The lowest BCUT2D eigenvalue weighted by molar-refractivity contribution is -0.133. The van der Waals surface area contributed by atoms with E-state index in [0.29, 0.717) is 13.1 Å². The van der Waals surface area contributed by atoms with Crippen LogP contribution in [-0.2, 0) is 11.3 Å². The molecule has 1 saturated heterocycles. The van der Waals surface area contributed by atoms with Crippen molar-refractivity contribution in [1.29, 1.82) is 0 Å². The zero-order valence-electron chi connectivity index (χ0n) is 14.5. The predicted octanol–water partition coefficient (Wildman–Crippen LogP) is 1.59. The van der Waals surface area contributed by atoms with E-state index in [1.165, 1.54) is 16.9 Å². The lowest BCUT2D eigenvalue weighted by atomic mass is 10.1. The third-order valence-electron chi connectivity index (χ3n) is 4.46. The molecular weight excluding hydrogens is 350 g/mol. The van der Waals surface area contributed by atoms with Gasteiger partial charge in [0.25, 0.3) is 0 Å². The summed E-state index contributed by atoms with van der Waals surface area (Å²) in [6.07, 6.45) is 3.82. The molecule has 7 nitrogen and oxygen atoms in total. The number of carbonyl (C=O) groups excluding carboxylic acids is 2. The van der Waals surface area contributed by atoms with E-state index in [9.17, 15) is 9.59 Å². The number of primary amides is 1. The fourth-order valence-electron chi connectivity index (χ4n) is 3.09. The Bertz CT molecular complexity index is 714. The highest BCUT2D eigenvalue weighted by molar-refractivity contribution is 7.10. The number of hydrogen-bond donors (Lipinski definition) is 2. The van der Waals surface area contributed by atoms with Crippen LogP contribution < -0.4 is 11.1 Å². The molecule has 138 valence electrons. The summed E-state index contributed by atoms with van der Waals surface area (Å²) in [6, 6.07) is 6.86. The number of hydrogen-bond acceptors (Lipinski definition) is 5. The quantitative estimate of drug-likeness (QED) is 0.804. The Hall–Kier alpha value is -2.45. The minimum Gasteiger partial charge on any atom is -0.352 e. The van der Waals surface area contributed by atoms with Crippen molar-refractivity contribution in [2.24, 2.45) is 5.73 Å². The van der Waals surface area contributed by atoms with Gasteiger partial charge < -0.3 is 16.0 Å². The number of aromatic nitrogens is 1. The molecule has 1 fully saturated rings. The van der Waals surface area contributed by atoms with Gasteiger partial charge in [0, 0.05) is 50.0 Å². The van der Waals surface area contributed by atoms with Gasteiger partial charge in [0.05, 0.1) is 12.5 Å². The summed E-state index contributed by atoms with van der Waals surface area (Å²) < 4.78 is 0. The molecule has 3 rings (SSSR count). The Balaban J connectivity index is 1.51. The average molecular weight is 373 g/mol. The van der Waals surface area contributed by atoms with E-state index in [1.54, 1.807) is 12.4 Å². The van der Waals surface area contributed by atoms with Crippen LogP contribution in [0.4, 0.5) is 4.79 Å². The summed E-state index contributed by atoms with van der Waals surface area (Å²) in [5, 5.41) is 4.60. The van der Waals surface area contributed by atoms with E-state index in [0.717, 1.165) is 24.5 Å². The molecule has 8 heteroatoms. The number of amides is 3. The lowest BCUT2D eigenvalue weighted by Crippen LogP contribution is -2.49. The Morgan fingerprint density at radius 3 is 2.54 bits per heavy atom. The number of carbonyl (C=O) groups is 2. The first-order valence-electron chi connectivity index (χ1n) is 8.60. The van der Waals surface area contributed by atoms with Crippen LogP contribution in [0.25, 0.3) is 0 Å². The van der Waals surface area contributed by atoms with E-state index < -0.39 is 6.03 Å². The Labute approximate surface area is 156 Å². The van der Waals surface area contributed by atoms with Crippen molar-refractivity contribution in [2.75, 3.05) is 26.2 Å². The second-order valence-corrected chi connectivity index (χ2v) is 7.27. The molecule has 1 atom stereocenters. The van der Waals surface area contributed by atoms with E-state index in [-0.39, 0.29) is 18.4 Å². The summed E-state index contributed by atoms with van der Waals surface area (Å²) in [6.45, 7) is 3.92. The van der Waals surface area contributed by atoms with E-state index >= 15 is 0 Å². The molecule has 0 aromatic carbocycles. The summed E-state index contributed by atoms with van der Waals surface area (Å²) >= 11 is 1.51. The summed E-state index contributed by atoms with van der Waals surface area (Å²) in [7, 11) is 0. The van der Waals surface area contributed by atoms with E-state index in [2.05, 4.69) is 15.2 Å². The highest BCUT2D eigenvalue weighted by Gasteiger charge is 2.25. The first-order valence-corrected chi connectivity index (χ1v) is 9.48. The molecule has 0 bridgehead atoms. The monoisotopic (exact) mass is 373 g/mol. The highest BCUT2D eigenvalue weighted by atomic mass is 32.1. The molecule has 2 aromatic rings. The van der Waals surface area contributed by atoms with Crippen LogP contribution in [0.5, 0.6) is 0 Å². The van der Waals surface area contributed by atoms with Gasteiger partial charge in [-0.25, -0.2) is 4.79 Å². The normalized spacial score (nSPS) is 16.2. The van der Waals surface area contributed by atoms with E-state index in [1.807, 2.05) is 34.5 Å². The topological polar surface area (TPSA) is 91.6 Å². The number of urea groups is 1. The van der Waals surface area contributed by atoms with Crippen LogP contribution >= 0.6 is 11.3 Å². The minimum atomic E-state index is -0.613. The van der Waals surface area contributed by atoms with Crippen LogP contribution in [0.15, 0.2) is 42.0 Å². The van der Waals surface area contributed by atoms with Crippen LogP contribution in [-0.4, -0.2) is 52.9 Å². The van der Waals surface area contributed by atoms with Crippen LogP contribution in [0.3, 0.4) is 0 Å². The molecule has 1 unspecified atom stereocenters. The summed E-state index contributed by atoms with van der Waals surface area (Å²) in [4.78, 5) is 33.1. The second-order valence-electron chi connectivity index (χ2n) is 6.29. The third-order valence-corrected chi connectivity index (χ3v) is 5.45. The maximum absolute atomic E-state index is 12.7. The van der Waals surface area contributed by atoms with Crippen molar-refractivity contribution in [2.45, 2.75) is 19.0 Å².